The zero-order chi connectivity index (χ0) is 35.8. The summed E-state index contributed by atoms with van der Waals surface area (Å²) in [6.07, 6.45) is 12.2. The van der Waals surface area contributed by atoms with E-state index < -0.39 is 33.4 Å². The third-order valence-electron chi connectivity index (χ3n) is 10.6. The maximum atomic E-state index is 14.2. The van der Waals surface area contributed by atoms with Crippen LogP contribution in [0.5, 0.6) is 0 Å². The molecule has 3 fully saturated rings. The van der Waals surface area contributed by atoms with Crippen LogP contribution in [0.3, 0.4) is 0 Å². The predicted octanol–water partition coefficient (Wildman–Crippen LogP) is 8.81. The molecule has 2 heterocycles. The van der Waals surface area contributed by atoms with Crippen LogP contribution in [0.15, 0.2) is 89.0 Å². The third kappa shape index (κ3) is 6.28. The van der Waals surface area contributed by atoms with Gasteiger partial charge in [-0.2, -0.15) is 8.42 Å². The highest BCUT2D eigenvalue weighted by Gasteiger charge is 2.48. The molecule has 1 saturated heterocycles. The average molecular weight is 698 g/mol. The van der Waals surface area contributed by atoms with E-state index in [2.05, 4.69) is 26.0 Å². The highest BCUT2D eigenvalue weighted by Crippen LogP contribution is 2.53. The smallest absolute Gasteiger partial charge is 0.313 e. The molecule has 2 aliphatic heterocycles. The van der Waals surface area contributed by atoms with Gasteiger partial charge in [0, 0.05) is 28.9 Å². The van der Waals surface area contributed by atoms with Gasteiger partial charge in [0.2, 0.25) is 0 Å². The minimum Gasteiger partial charge on any atom is -0.313 e. The van der Waals surface area contributed by atoms with Gasteiger partial charge < -0.3 is 4.90 Å². The molecule has 2 saturated carbocycles. The number of hydrogen-bond acceptors (Lipinski definition) is 6. The molecule has 0 radical (unpaired) electrons. The molecule has 50 heavy (non-hydrogen) atoms. The number of carbonyl (C=O) groups excluding carboxylic acids is 3. The summed E-state index contributed by atoms with van der Waals surface area (Å²) in [6.45, 7) is 8.18. The van der Waals surface area contributed by atoms with Gasteiger partial charge in [-0.3, -0.25) is 23.9 Å². The molecule has 0 bridgehead atoms. The number of amides is 4. The van der Waals surface area contributed by atoms with Gasteiger partial charge in [-0.15, -0.1) is 0 Å². The Labute approximate surface area is 295 Å². The molecule has 4 amide bonds. The maximum Gasteiger partial charge on any atom is 0.334 e. The summed E-state index contributed by atoms with van der Waals surface area (Å²) in [6, 6.07) is 17.2. The van der Waals surface area contributed by atoms with Crippen LogP contribution in [-0.4, -0.2) is 52.7 Å². The van der Waals surface area contributed by atoms with Crippen LogP contribution in [0, 0.1) is 0 Å². The van der Waals surface area contributed by atoms with Crippen LogP contribution < -0.4 is 4.90 Å². The van der Waals surface area contributed by atoms with Crippen molar-refractivity contribution in [2.45, 2.75) is 114 Å². The van der Waals surface area contributed by atoms with E-state index in [4.69, 9.17) is 0 Å². The minimum absolute atomic E-state index is 0.0171. The van der Waals surface area contributed by atoms with Crippen LogP contribution in [0.1, 0.15) is 97.5 Å². The van der Waals surface area contributed by atoms with Gasteiger partial charge in [0.1, 0.15) is 5.57 Å². The number of imide groups is 2. The number of nitrogens with zero attached hydrogens (tertiary/aromatic N) is 3. The first-order chi connectivity index (χ1) is 24.0. The molecule has 4 aliphatic rings. The van der Waals surface area contributed by atoms with Crippen LogP contribution in [-0.2, 0) is 25.1 Å². The summed E-state index contributed by atoms with van der Waals surface area (Å²) in [5, 5.41) is 2.12. The van der Waals surface area contributed by atoms with Gasteiger partial charge in [0.25, 0.3) is 21.9 Å². The fraction of sp³-hybridized carbons (Fsp3) is 0.425. The second-order valence-electron chi connectivity index (χ2n) is 14.0. The molecule has 0 aromatic heterocycles. The number of rotatable bonds is 5. The fourth-order valence-corrected chi connectivity index (χ4v) is 8.72. The second-order valence-corrected chi connectivity index (χ2v) is 15.4. The number of barbiturate groups is 1. The van der Waals surface area contributed by atoms with Gasteiger partial charge in [0.15, 0.2) is 0 Å². The number of anilines is 2. The van der Waals surface area contributed by atoms with Crippen LogP contribution in [0.4, 0.5) is 16.2 Å². The zero-order valence-electron chi connectivity index (χ0n) is 29.4. The number of urea groups is 1. The maximum absolute atomic E-state index is 14.2. The van der Waals surface area contributed by atoms with Crippen LogP contribution in [0.2, 0.25) is 0 Å². The quantitative estimate of drug-likeness (QED) is 0.161. The lowest BCUT2D eigenvalue weighted by Gasteiger charge is -2.43. The molecule has 0 spiro atoms. The van der Waals surface area contributed by atoms with E-state index in [1.54, 1.807) is 18.2 Å². The summed E-state index contributed by atoms with van der Waals surface area (Å²) < 4.78 is 33.3. The normalized spacial score (nSPS) is 21.1. The van der Waals surface area contributed by atoms with Crippen LogP contribution in [0.25, 0.3) is 10.8 Å². The molecule has 1 N–H and O–H groups in total. The minimum atomic E-state index is -4.39. The van der Waals surface area contributed by atoms with Crippen molar-refractivity contribution in [1.29, 1.82) is 0 Å². The number of fused-ring (bicyclic) bond motifs is 3. The monoisotopic (exact) mass is 697 g/mol. The molecular weight excluding hydrogens is 651 g/mol. The molecule has 9 nitrogen and oxygen atoms in total. The van der Waals surface area contributed by atoms with E-state index in [1.807, 2.05) is 49.1 Å². The van der Waals surface area contributed by atoms with Crippen molar-refractivity contribution in [2.75, 3.05) is 4.90 Å². The Balaban J connectivity index is 0.00000212. The standard InChI is InChI=1S/C38H41N3O6S.C2H6/c1-38(2)33(39(28-18-20-29(21-19-28)48(45,46)47)32-23-17-25-11-9-10-16-30(25)34(32)38)24-22-31-35(42)40(26-12-5-3-6-13-26)37(44)41(36(31)43)27-14-7-4-8-15-27;1-2/h9-11,16-24,26-27H,3-8,12-15H2,1-2H3,(H,45,46,47);1-2H3/b33-24+;. The van der Waals surface area contributed by atoms with Gasteiger partial charge in [-0.1, -0.05) is 96.6 Å². The molecule has 10 heteroatoms. The Morgan fingerprint density at radius 1 is 0.720 bits per heavy atom. The Morgan fingerprint density at radius 3 is 1.80 bits per heavy atom. The van der Waals surface area contributed by atoms with Crippen molar-refractivity contribution in [3.05, 3.63) is 89.6 Å². The number of hydrogen-bond donors (Lipinski definition) is 1. The second kappa shape index (κ2) is 14.2. The third-order valence-corrected chi connectivity index (χ3v) is 11.5. The lowest BCUT2D eigenvalue weighted by molar-refractivity contribution is -0.139. The van der Waals surface area contributed by atoms with Crippen molar-refractivity contribution in [3.63, 3.8) is 0 Å². The van der Waals surface area contributed by atoms with Gasteiger partial charge in [-0.05, 0) is 84.5 Å². The van der Waals surface area contributed by atoms with E-state index in [0.29, 0.717) is 5.69 Å². The topological polar surface area (TPSA) is 115 Å². The van der Waals surface area contributed by atoms with E-state index in [-0.39, 0.29) is 22.6 Å². The highest BCUT2D eigenvalue weighted by molar-refractivity contribution is 7.85. The molecule has 0 unspecified atom stereocenters. The van der Waals surface area contributed by atoms with Gasteiger partial charge in [0.05, 0.1) is 10.6 Å². The van der Waals surface area contributed by atoms with Crippen molar-refractivity contribution < 1.29 is 27.4 Å². The lowest BCUT2D eigenvalue weighted by atomic mass is 9.81. The lowest BCUT2D eigenvalue weighted by Crippen LogP contribution is -2.62. The summed E-state index contributed by atoms with van der Waals surface area (Å²) >= 11 is 0. The Hall–Kier alpha value is -4.28. The first kappa shape index (κ1) is 35.5. The first-order valence-corrected chi connectivity index (χ1v) is 19.5. The summed E-state index contributed by atoms with van der Waals surface area (Å²) in [7, 11) is -4.39. The molecule has 3 aromatic rings. The molecular formula is C40H47N3O6S. The number of carbonyl (C=O) groups is 3. The van der Waals surface area contributed by atoms with Gasteiger partial charge >= 0.3 is 6.03 Å². The van der Waals surface area contributed by atoms with E-state index >= 15 is 0 Å². The molecule has 3 aromatic carbocycles. The summed E-state index contributed by atoms with van der Waals surface area (Å²) in [5.74, 6) is -1.08. The van der Waals surface area contributed by atoms with E-state index in [0.717, 1.165) is 91.9 Å². The predicted molar refractivity (Wildman–Crippen MR) is 196 cm³/mol. The molecule has 264 valence electrons. The first-order valence-electron chi connectivity index (χ1n) is 18.0. The van der Waals surface area contributed by atoms with Crippen molar-refractivity contribution in [2.24, 2.45) is 0 Å². The zero-order valence-corrected chi connectivity index (χ0v) is 30.2. The van der Waals surface area contributed by atoms with Crippen molar-refractivity contribution in [3.8, 4) is 0 Å². The molecule has 7 rings (SSSR count). The summed E-state index contributed by atoms with van der Waals surface area (Å²) in [5.41, 5.74) is 2.72. The number of benzene rings is 3. The Morgan fingerprint density at radius 2 is 1.26 bits per heavy atom. The summed E-state index contributed by atoms with van der Waals surface area (Å²) in [4.78, 5) is 46.9. The van der Waals surface area contributed by atoms with Gasteiger partial charge in [-0.25, -0.2) is 4.79 Å². The largest absolute Gasteiger partial charge is 0.334 e. The van der Waals surface area contributed by atoms with Crippen molar-refractivity contribution >= 4 is 50.1 Å². The Kier molecular flexibility index (Phi) is 10.1. The van der Waals surface area contributed by atoms with E-state index in [9.17, 15) is 27.4 Å². The molecule has 2 aliphatic carbocycles. The van der Waals surface area contributed by atoms with Crippen LogP contribution >= 0.6 is 0 Å². The highest BCUT2D eigenvalue weighted by atomic mass is 32.2. The van der Waals surface area contributed by atoms with E-state index in [1.165, 1.54) is 21.9 Å². The average Bonchev–Trinajstić information content (AvgIpc) is 3.35. The number of allylic oxidation sites excluding steroid dienone is 3. The Bertz CT molecular complexity index is 1930. The van der Waals surface area contributed by atoms with Crippen molar-refractivity contribution in [1.82, 2.24) is 9.80 Å². The fourth-order valence-electron chi connectivity index (χ4n) is 8.24. The SMILES string of the molecule is CC.CC1(C)/C(=C\C=C2C(=O)N(C3CCCCC3)C(=O)N(C3CCCCC3)C2=O)N(c2ccc(S(=O)(=O)O)cc2)c2ccc3ccccc3c21. The molecule has 0 atom stereocenters.